The van der Waals surface area contributed by atoms with Gasteiger partial charge >= 0.3 is 42.1 Å². The van der Waals surface area contributed by atoms with Crippen LogP contribution >= 0.6 is 50.8 Å². The van der Waals surface area contributed by atoms with Crippen molar-refractivity contribution in [1.29, 1.82) is 0 Å². The van der Waals surface area contributed by atoms with Gasteiger partial charge in [0.05, 0.1) is 59.8 Å². The summed E-state index contributed by atoms with van der Waals surface area (Å²) in [5.41, 5.74) is 7.56. The van der Waals surface area contributed by atoms with Crippen LogP contribution in [0, 0.1) is 0 Å². The number of benzene rings is 8. The van der Waals surface area contributed by atoms with E-state index in [1.165, 1.54) is 57.2 Å². The van der Waals surface area contributed by atoms with Gasteiger partial charge < -0.3 is 18.8 Å². The fourth-order valence-electron chi connectivity index (χ4n) is 16.2. The summed E-state index contributed by atoms with van der Waals surface area (Å²) >= 11 is 3.30. The molecule has 19 rings (SSSR count). The number of hydrogen-bond donors (Lipinski definition) is 0. The Hall–Kier alpha value is -8.65. The number of nitrogens with zero attached hydrogens (tertiary/aromatic N) is 10. The minimum atomic E-state index is -3.81. The monoisotopic (exact) mass is 1990 g/mol. The Balaban J connectivity index is 0.000000157. The van der Waals surface area contributed by atoms with Gasteiger partial charge in [0.1, 0.15) is 0 Å². The van der Waals surface area contributed by atoms with Gasteiger partial charge in [-0.15, -0.1) is 0 Å². The Morgan fingerprint density at radius 3 is 1.05 bits per heavy atom. The van der Waals surface area contributed by atoms with Crippen LogP contribution in [-0.4, -0.2) is 146 Å². The summed E-state index contributed by atoms with van der Waals surface area (Å²) in [4.78, 5) is 14.6. The predicted molar refractivity (Wildman–Crippen MR) is 533 cm³/mol. The van der Waals surface area contributed by atoms with Crippen molar-refractivity contribution in [2.24, 2.45) is 14.1 Å². The summed E-state index contributed by atoms with van der Waals surface area (Å²) in [6.45, 7) is 20.6. The molecular weight excluding hydrogens is 1880 g/mol. The van der Waals surface area contributed by atoms with Crippen LogP contribution in [0.4, 0.5) is 0 Å². The Morgan fingerprint density at radius 1 is 0.422 bits per heavy atom. The number of allylic oxidation sites excluding steroid dienone is 2. The topological polar surface area (TPSA) is 183 Å². The largest absolute Gasteiger partial charge is 0.0622 e. The number of hydrogen-bond acceptors (Lipinski definition) is 14. The SMILES string of the molecule is C.C.C.CC1(N2CCOCC2)CC=C(B2OC(C)(C)C(C)(C)O2)CC1.Cn1cc(-c2cn(S(=O)(=O)c3ccccc3)c3ncc(Br)cc23)cn1.Cn1cc(-c2cn(S(=O)(=O)c3ccccc3)c3ncc(C4=CCC(C)(N5CCOCC5)CC4)cc23)cn1.[Cl][Pd][Cl].c1ccc(P(c2ccccc2)c2ccccc2)cc1.c1ccc(P(c2ccccc2)c2ccccc2)cc1. The summed E-state index contributed by atoms with van der Waals surface area (Å²) in [6, 6.07) is 85.4. The minimum absolute atomic E-state index is 0. The maximum absolute atomic E-state index is 13.6. The third-order valence-electron chi connectivity index (χ3n) is 23.9. The molecule has 5 aliphatic rings. The molecule has 8 aromatic carbocycles. The van der Waals surface area contributed by atoms with Crippen molar-refractivity contribution in [2.75, 3.05) is 52.6 Å². The van der Waals surface area contributed by atoms with Crippen molar-refractivity contribution in [3.05, 3.63) is 332 Å². The Bertz CT molecular complexity index is 5870. The second kappa shape index (κ2) is 45.5. The van der Waals surface area contributed by atoms with Crippen molar-refractivity contribution in [3.63, 3.8) is 0 Å². The Kier molecular flexibility index (Phi) is 35.5. The molecule has 2 unspecified atom stereocenters. The molecule has 128 heavy (non-hydrogen) atoms. The van der Waals surface area contributed by atoms with Crippen molar-refractivity contribution >= 4 is 137 Å². The fourth-order valence-corrected chi connectivity index (χ4v) is 23.8. The smallest absolute Gasteiger partial charge is 0.0134 e. The first-order valence-corrected chi connectivity index (χ1v) is 52.1. The van der Waals surface area contributed by atoms with Crippen molar-refractivity contribution in [1.82, 2.24) is 47.3 Å². The summed E-state index contributed by atoms with van der Waals surface area (Å²) in [7, 11) is 4.68. The minimum Gasteiger partial charge on any atom is -0.0622 e. The van der Waals surface area contributed by atoms with Gasteiger partial charge in [-0.25, -0.2) is 34.7 Å². The van der Waals surface area contributed by atoms with Crippen LogP contribution in [-0.2, 0) is 68.9 Å². The molecule has 9 heterocycles. The Morgan fingerprint density at radius 2 is 0.742 bits per heavy atom. The van der Waals surface area contributed by atoms with E-state index in [9.17, 15) is 16.8 Å². The van der Waals surface area contributed by atoms with Crippen LogP contribution in [0.1, 0.15) is 108 Å². The van der Waals surface area contributed by atoms with Gasteiger partial charge in [0.25, 0.3) is 20.0 Å². The molecule has 14 aromatic rings. The standard InChI is InChI=1S/C28H31N5O3S.2C18H15P.C17H30BNO3.C17H13BrN4O2S.3CH4.2ClH.Pd/c1-28(32-12-14-36-15-13-32)10-8-21(9-11-28)22-16-25-26(23-18-30-31(2)19-23)20-33(27(25)29-17-22)37(34,35)24-6-4-3-5-7-24;2*1-4-10-16(11-5-1)19(17-12-6-2-7-13-17)18-14-8-3-9-15-18;1-15(2)16(3,4)22-18(21-15)14-6-8-17(5,9-7-14)19-10-12-20-13-11-19;1-21-10-12(8-20-21)16-11-22(17-15(16)7-13(18)9-19-17)25(23,24)14-5-3-2-4-6-14;;;;;;/h3-8,16-20H,9-15H2,1-2H3;2*1-15H;6H,7-13H2,1-5H3;2-11H,1H3;3*1H4;2*1H;/q;;;;;;;;;;+2/p-2. The van der Waals surface area contributed by atoms with Gasteiger partial charge in [-0.3, -0.25) is 19.2 Å². The van der Waals surface area contributed by atoms with Gasteiger partial charge in [-0.05, 0) is 197 Å². The van der Waals surface area contributed by atoms with E-state index >= 15 is 0 Å². The van der Waals surface area contributed by atoms with Crippen LogP contribution in [0.5, 0.6) is 0 Å². The van der Waals surface area contributed by atoms with E-state index in [0.717, 1.165) is 128 Å². The average Bonchev–Trinajstić information content (AvgIpc) is 1.60. The number of ether oxygens (including phenoxy) is 2. The second-order valence-electron chi connectivity index (χ2n) is 32.7. The first-order chi connectivity index (χ1) is 60.4. The van der Waals surface area contributed by atoms with E-state index in [4.69, 9.17) is 42.8 Å². The molecule has 3 saturated heterocycles. The molecule has 2 atom stereocenters. The summed E-state index contributed by atoms with van der Waals surface area (Å²) < 4.78 is 83.4. The quantitative estimate of drug-likeness (QED) is 0.0658. The molecule has 0 bridgehead atoms. The van der Waals surface area contributed by atoms with E-state index < -0.39 is 35.9 Å². The maximum atomic E-state index is 13.6. The first-order valence-electron chi connectivity index (χ1n) is 41.8. The Labute approximate surface area is 785 Å². The van der Waals surface area contributed by atoms with E-state index in [2.05, 4.69) is 283 Å². The van der Waals surface area contributed by atoms with E-state index in [1.54, 1.807) is 101 Å². The zero-order valence-electron chi connectivity index (χ0n) is 71.4. The summed E-state index contributed by atoms with van der Waals surface area (Å²) in [5.74, 6) is 0. The van der Waals surface area contributed by atoms with Crippen LogP contribution in [0.2, 0.25) is 0 Å². The molecular formula is C101H116BBrCl2N10O8P2PdS2. The number of pyridine rings is 2. The molecule has 3 fully saturated rings. The number of rotatable bonds is 16. The van der Waals surface area contributed by atoms with Crippen LogP contribution in [0.3, 0.4) is 0 Å². The molecule has 0 radical (unpaired) electrons. The van der Waals surface area contributed by atoms with E-state index in [-0.39, 0.29) is 77.4 Å². The number of aromatic nitrogens is 8. The summed E-state index contributed by atoms with van der Waals surface area (Å²) in [6.07, 6.45) is 24.9. The van der Waals surface area contributed by atoms with Gasteiger partial charge in [0.15, 0.2) is 11.3 Å². The predicted octanol–water partition coefficient (Wildman–Crippen LogP) is 20.8. The van der Waals surface area contributed by atoms with Gasteiger partial charge in [-0.2, -0.15) is 10.2 Å². The first kappa shape index (κ1) is 99.9. The van der Waals surface area contributed by atoms with E-state index in [0.29, 0.717) is 11.3 Å². The molecule has 2 aliphatic carbocycles. The van der Waals surface area contributed by atoms with Crippen molar-refractivity contribution in [2.45, 2.75) is 134 Å². The van der Waals surface area contributed by atoms with Gasteiger partial charge in [0, 0.05) is 126 Å². The molecule has 6 aromatic heterocycles. The fraction of sp³-hybridized carbons (Fsp3) is 0.287. The second-order valence-corrected chi connectivity index (χ2v) is 44.0. The van der Waals surface area contributed by atoms with Crippen molar-refractivity contribution in [3.8, 4) is 22.3 Å². The molecule has 0 spiro atoms. The van der Waals surface area contributed by atoms with Gasteiger partial charge in [-0.1, -0.05) is 253 Å². The van der Waals surface area contributed by atoms with Gasteiger partial charge in [0.2, 0.25) is 0 Å². The molecule has 18 nitrogen and oxygen atoms in total. The zero-order chi connectivity index (χ0) is 87.8. The number of aryl methyl sites for hydroxylation is 2. The number of halogens is 3. The average molecular weight is 1990 g/mol. The third kappa shape index (κ3) is 23.8. The molecule has 0 saturated carbocycles. The van der Waals surface area contributed by atoms with E-state index in [1.807, 2.05) is 38.8 Å². The molecule has 0 amide bonds. The maximum Gasteiger partial charge on any atom is -0.0134 e. The molecule has 3 aliphatic heterocycles. The van der Waals surface area contributed by atoms with Crippen LogP contribution in [0.25, 0.3) is 49.9 Å². The normalized spacial score (nSPS) is 17.9. The number of morpholine rings is 2. The molecule has 674 valence electrons. The molecule has 27 heteroatoms. The third-order valence-corrected chi connectivity index (χ3v) is 32.5. The molecule has 0 N–H and O–H groups in total. The van der Waals surface area contributed by atoms with Crippen molar-refractivity contribution < 1.29 is 51.6 Å². The summed E-state index contributed by atoms with van der Waals surface area (Å²) in [5, 5.41) is 18.4. The number of fused-ring (bicyclic) bond motifs is 2. The van der Waals surface area contributed by atoms with Crippen LogP contribution in [0.15, 0.2) is 336 Å². The zero-order valence-corrected chi connectivity index (χ0v) is 79.5. The van der Waals surface area contributed by atoms with Crippen LogP contribution < -0.4 is 31.8 Å².